The molecule has 1 saturated heterocycles. The van der Waals surface area contributed by atoms with Gasteiger partial charge in [0.1, 0.15) is 17.6 Å². The summed E-state index contributed by atoms with van der Waals surface area (Å²) in [6.45, 7) is 6.23. The van der Waals surface area contributed by atoms with E-state index in [0.29, 0.717) is 6.54 Å². The number of carbonyl (C=O) groups is 1. The lowest BCUT2D eigenvalue weighted by atomic mass is 9.88. The number of nitrogens with zero attached hydrogens (tertiary/aromatic N) is 3. The summed E-state index contributed by atoms with van der Waals surface area (Å²) in [5.74, 6) is 0. The van der Waals surface area contributed by atoms with Crippen LogP contribution in [-0.4, -0.2) is 40.2 Å². The summed E-state index contributed by atoms with van der Waals surface area (Å²) < 4.78 is 5.54. The number of hydrogen-bond donors (Lipinski definition) is 1. The third-order valence-electron chi connectivity index (χ3n) is 4.12. The Morgan fingerprint density at radius 2 is 2.04 bits per heavy atom. The van der Waals surface area contributed by atoms with E-state index in [1.165, 1.54) is 0 Å². The highest BCUT2D eigenvalue weighted by Crippen LogP contribution is 2.40. The molecule has 1 aliphatic heterocycles. The number of carbonyl (C=O) groups excluding carboxylic acids is 1. The van der Waals surface area contributed by atoms with Crippen LogP contribution in [0.15, 0.2) is 30.6 Å². The third-order valence-corrected chi connectivity index (χ3v) is 4.12. The fourth-order valence-electron chi connectivity index (χ4n) is 2.97. The summed E-state index contributed by atoms with van der Waals surface area (Å²) in [5, 5.41) is 4.22. The SMILES string of the molecule is CNC1(c2ncnc3ccccc23)CCN1C(=O)OC(C)(C)C. The summed E-state index contributed by atoms with van der Waals surface area (Å²) in [5.41, 5.74) is 0.496. The van der Waals surface area contributed by atoms with Crippen LogP contribution in [0.25, 0.3) is 10.9 Å². The number of rotatable bonds is 2. The van der Waals surface area contributed by atoms with Crippen molar-refractivity contribution in [3.63, 3.8) is 0 Å². The van der Waals surface area contributed by atoms with Crippen molar-refractivity contribution < 1.29 is 9.53 Å². The van der Waals surface area contributed by atoms with E-state index in [9.17, 15) is 4.79 Å². The van der Waals surface area contributed by atoms with Crippen LogP contribution in [0.2, 0.25) is 0 Å². The minimum Gasteiger partial charge on any atom is -0.444 e. The van der Waals surface area contributed by atoms with Crippen molar-refractivity contribution in [2.75, 3.05) is 13.6 Å². The molecule has 0 saturated carbocycles. The lowest BCUT2D eigenvalue weighted by Crippen LogP contribution is -2.67. The molecule has 2 heterocycles. The fourth-order valence-corrected chi connectivity index (χ4v) is 2.97. The molecule has 6 nitrogen and oxygen atoms in total. The molecule has 1 N–H and O–H groups in total. The van der Waals surface area contributed by atoms with Gasteiger partial charge < -0.3 is 4.74 Å². The topological polar surface area (TPSA) is 67.4 Å². The highest BCUT2D eigenvalue weighted by molar-refractivity contribution is 5.82. The van der Waals surface area contributed by atoms with Crippen LogP contribution in [0.5, 0.6) is 0 Å². The summed E-state index contributed by atoms with van der Waals surface area (Å²) in [7, 11) is 1.84. The Hall–Kier alpha value is -2.21. The molecule has 1 aromatic carbocycles. The van der Waals surface area contributed by atoms with Gasteiger partial charge in [0, 0.05) is 18.4 Å². The average molecular weight is 314 g/mol. The first-order valence-corrected chi connectivity index (χ1v) is 7.77. The van der Waals surface area contributed by atoms with Gasteiger partial charge in [-0.25, -0.2) is 14.8 Å². The Bertz CT molecular complexity index is 731. The van der Waals surface area contributed by atoms with Crippen LogP contribution >= 0.6 is 0 Å². The Balaban J connectivity index is 2.02. The van der Waals surface area contributed by atoms with Crippen molar-refractivity contribution in [3.05, 3.63) is 36.3 Å². The van der Waals surface area contributed by atoms with Crippen LogP contribution < -0.4 is 5.32 Å². The van der Waals surface area contributed by atoms with E-state index in [1.54, 1.807) is 11.2 Å². The number of ether oxygens (including phenoxy) is 1. The number of para-hydroxylation sites is 1. The number of fused-ring (bicyclic) bond motifs is 1. The lowest BCUT2D eigenvalue weighted by molar-refractivity contribution is -0.0616. The second-order valence-corrected chi connectivity index (χ2v) is 6.73. The maximum atomic E-state index is 12.5. The first-order chi connectivity index (χ1) is 10.9. The minimum atomic E-state index is -0.648. The molecule has 1 fully saturated rings. The van der Waals surface area contributed by atoms with Gasteiger partial charge in [-0.15, -0.1) is 0 Å². The smallest absolute Gasteiger partial charge is 0.412 e. The molecule has 0 radical (unpaired) electrons. The highest BCUT2D eigenvalue weighted by atomic mass is 16.6. The highest BCUT2D eigenvalue weighted by Gasteiger charge is 2.51. The molecule has 1 aromatic heterocycles. The molecule has 6 heteroatoms. The van der Waals surface area contributed by atoms with Gasteiger partial charge in [-0.2, -0.15) is 0 Å². The Labute approximate surface area is 135 Å². The first kappa shape index (κ1) is 15.7. The van der Waals surface area contributed by atoms with Gasteiger partial charge in [0.2, 0.25) is 0 Å². The molecule has 0 bridgehead atoms. The molecule has 1 atom stereocenters. The van der Waals surface area contributed by atoms with Crippen molar-refractivity contribution in [2.24, 2.45) is 0 Å². The summed E-state index contributed by atoms with van der Waals surface area (Å²) in [6.07, 6.45) is 1.99. The van der Waals surface area contributed by atoms with Gasteiger partial charge in [0.05, 0.1) is 11.2 Å². The molecular formula is C17H22N4O2. The monoisotopic (exact) mass is 314 g/mol. The molecule has 122 valence electrons. The second-order valence-electron chi connectivity index (χ2n) is 6.73. The molecule has 1 amide bonds. The maximum absolute atomic E-state index is 12.5. The van der Waals surface area contributed by atoms with Crippen molar-refractivity contribution in [1.29, 1.82) is 0 Å². The molecule has 0 aliphatic carbocycles. The number of nitrogens with one attached hydrogen (secondary N) is 1. The van der Waals surface area contributed by atoms with Crippen LogP contribution in [0, 0.1) is 0 Å². The van der Waals surface area contributed by atoms with E-state index < -0.39 is 11.3 Å². The van der Waals surface area contributed by atoms with E-state index in [1.807, 2.05) is 52.1 Å². The Kier molecular flexibility index (Phi) is 3.72. The van der Waals surface area contributed by atoms with Crippen LogP contribution in [0.1, 0.15) is 32.9 Å². The zero-order valence-electron chi connectivity index (χ0n) is 14.0. The largest absolute Gasteiger partial charge is 0.444 e. The van der Waals surface area contributed by atoms with Crippen LogP contribution in [0.4, 0.5) is 4.79 Å². The van der Waals surface area contributed by atoms with E-state index >= 15 is 0 Å². The molecule has 2 aromatic rings. The van der Waals surface area contributed by atoms with Gasteiger partial charge >= 0.3 is 6.09 Å². The van der Waals surface area contributed by atoms with Gasteiger partial charge in [-0.05, 0) is 33.9 Å². The first-order valence-electron chi connectivity index (χ1n) is 7.77. The van der Waals surface area contributed by atoms with Crippen LogP contribution in [-0.2, 0) is 10.4 Å². The zero-order chi connectivity index (χ0) is 16.7. The summed E-state index contributed by atoms with van der Waals surface area (Å²) in [4.78, 5) is 23.0. The maximum Gasteiger partial charge on any atom is 0.412 e. The minimum absolute atomic E-state index is 0.333. The van der Waals surface area contributed by atoms with Gasteiger partial charge in [-0.1, -0.05) is 18.2 Å². The predicted molar refractivity (Wildman–Crippen MR) is 87.8 cm³/mol. The zero-order valence-corrected chi connectivity index (χ0v) is 14.0. The van der Waals surface area contributed by atoms with E-state index in [0.717, 1.165) is 23.0 Å². The number of benzene rings is 1. The molecule has 3 rings (SSSR count). The molecule has 23 heavy (non-hydrogen) atoms. The lowest BCUT2D eigenvalue weighted by Gasteiger charge is -2.51. The third kappa shape index (κ3) is 2.63. The summed E-state index contributed by atoms with van der Waals surface area (Å²) in [6, 6.07) is 7.82. The molecule has 1 aliphatic rings. The quantitative estimate of drug-likeness (QED) is 0.923. The molecule has 1 unspecified atom stereocenters. The average Bonchev–Trinajstić information content (AvgIpc) is 2.45. The number of hydrogen-bond acceptors (Lipinski definition) is 5. The number of amides is 1. The molecular weight excluding hydrogens is 292 g/mol. The van der Waals surface area contributed by atoms with Gasteiger partial charge in [0.25, 0.3) is 0 Å². The Morgan fingerprint density at radius 3 is 2.65 bits per heavy atom. The molecule has 0 spiro atoms. The second kappa shape index (κ2) is 5.45. The van der Waals surface area contributed by atoms with Crippen LogP contribution in [0.3, 0.4) is 0 Å². The van der Waals surface area contributed by atoms with E-state index in [2.05, 4.69) is 15.3 Å². The predicted octanol–water partition coefficient (Wildman–Crippen LogP) is 2.64. The van der Waals surface area contributed by atoms with E-state index in [4.69, 9.17) is 4.74 Å². The summed E-state index contributed by atoms with van der Waals surface area (Å²) >= 11 is 0. The Morgan fingerprint density at radius 1 is 1.30 bits per heavy atom. The number of aromatic nitrogens is 2. The van der Waals surface area contributed by atoms with E-state index in [-0.39, 0.29) is 6.09 Å². The fraction of sp³-hybridized carbons (Fsp3) is 0.471. The van der Waals surface area contributed by atoms with Gasteiger partial charge in [-0.3, -0.25) is 10.2 Å². The number of likely N-dealkylation sites (tertiary alicyclic amines) is 1. The van der Waals surface area contributed by atoms with Crippen molar-refractivity contribution in [2.45, 2.75) is 38.5 Å². The van der Waals surface area contributed by atoms with Crippen molar-refractivity contribution in [3.8, 4) is 0 Å². The standard InChI is InChI=1S/C17H22N4O2/c1-16(2,3)23-15(22)21-10-9-17(21,18-4)14-12-7-5-6-8-13(12)19-11-20-14/h5-8,11,18H,9-10H2,1-4H3. The normalized spacial score (nSPS) is 21.1. The van der Waals surface area contributed by atoms with Gasteiger partial charge in [0.15, 0.2) is 0 Å². The van der Waals surface area contributed by atoms with Crippen molar-refractivity contribution >= 4 is 17.0 Å². The van der Waals surface area contributed by atoms with Crippen molar-refractivity contribution in [1.82, 2.24) is 20.2 Å².